The first-order chi connectivity index (χ1) is 8.38. The maximum Gasteiger partial charge on any atom is 0.240 e. The standard InChI is InChI=1S/C13H19N3O/c1-2-9-5-8(1)6-11(9)13-15-12(17-16-13)7-14-10-3-4-10/h8-11,14H,1-7H2. The van der Waals surface area contributed by atoms with Crippen LogP contribution in [0.1, 0.15) is 56.2 Å². The molecule has 3 unspecified atom stereocenters. The van der Waals surface area contributed by atoms with Gasteiger partial charge in [0.2, 0.25) is 5.89 Å². The van der Waals surface area contributed by atoms with E-state index in [1.807, 2.05) is 0 Å². The number of hydrogen-bond donors (Lipinski definition) is 1. The number of rotatable bonds is 4. The Morgan fingerprint density at radius 3 is 2.82 bits per heavy atom. The summed E-state index contributed by atoms with van der Waals surface area (Å²) in [5.41, 5.74) is 0. The van der Waals surface area contributed by atoms with Crippen LogP contribution >= 0.6 is 0 Å². The zero-order valence-corrected chi connectivity index (χ0v) is 10.1. The van der Waals surface area contributed by atoms with Crippen LogP contribution in [0.5, 0.6) is 0 Å². The Balaban J connectivity index is 1.43. The van der Waals surface area contributed by atoms with Crippen LogP contribution in [0, 0.1) is 11.8 Å². The second-order valence-electron chi connectivity index (χ2n) is 5.98. The summed E-state index contributed by atoms with van der Waals surface area (Å²) in [6.07, 6.45) is 8.09. The van der Waals surface area contributed by atoms with E-state index in [2.05, 4.69) is 15.5 Å². The molecule has 1 heterocycles. The highest BCUT2D eigenvalue weighted by Crippen LogP contribution is 2.52. The molecule has 4 heteroatoms. The molecule has 3 saturated carbocycles. The Hall–Kier alpha value is -0.900. The Morgan fingerprint density at radius 1 is 1.18 bits per heavy atom. The van der Waals surface area contributed by atoms with E-state index in [4.69, 9.17) is 4.52 Å². The van der Waals surface area contributed by atoms with E-state index in [1.165, 1.54) is 38.5 Å². The van der Waals surface area contributed by atoms with E-state index in [-0.39, 0.29) is 0 Å². The molecule has 2 bridgehead atoms. The van der Waals surface area contributed by atoms with Crippen molar-refractivity contribution in [1.29, 1.82) is 0 Å². The molecule has 92 valence electrons. The van der Waals surface area contributed by atoms with Gasteiger partial charge in [-0.2, -0.15) is 4.98 Å². The molecule has 1 N–H and O–H groups in total. The largest absolute Gasteiger partial charge is 0.338 e. The van der Waals surface area contributed by atoms with E-state index in [9.17, 15) is 0 Å². The van der Waals surface area contributed by atoms with Gasteiger partial charge in [-0.3, -0.25) is 0 Å². The van der Waals surface area contributed by atoms with E-state index in [0.29, 0.717) is 12.0 Å². The predicted molar refractivity (Wildman–Crippen MR) is 62.3 cm³/mol. The lowest BCUT2D eigenvalue weighted by molar-refractivity contribution is 0.345. The molecule has 0 aliphatic heterocycles. The van der Waals surface area contributed by atoms with Crippen LogP contribution in [0.3, 0.4) is 0 Å². The molecule has 0 spiro atoms. The number of fused-ring (bicyclic) bond motifs is 2. The van der Waals surface area contributed by atoms with E-state index < -0.39 is 0 Å². The Kier molecular flexibility index (Phi) is 2.25. The molecular weight excluding hydrogens is 214 g/mol. The molecule has 1 aromatic heterocycles. The highest BCUT2D eigenvalue weighted by atomic mass is 16.5. The summed E-state index contributed by atoms with van der Waals surface area (Å²) in [6, 6.07) is 0.702. The summed E-state index contributed by atoms with van der Waals surface area (Å²) >= 11 is 0. The van der Waals surface area contributed by atoms with Crippen molar-refractivity contribution in [2.45, 2.75) is 57.0 Å². The molecule has 3 aliphatic rings. The van der Waals surface area contributed by atoms with Crippen LogP contribution in [0.2, 0.25) is 0 Å². The fourth-order valence-corrected chi connectivity index (χ4v) is 3.57. The molecule has 3 fully saturated rings. The van der Waals surface area contributed by atoms with Crippen LogP contribution in [0.15, 0.2) is 4.52 Å². The highest BCUT2D eigenvalue weighted by molar-refractivity contribution is 5.06. The smallest absolute Gasteiger partial charge is 0.240 e. The van der Waals surface area contributed by atoms with Gasteiger partial charge in [0.1, 0.15) is 0 Å². The molecular formula is C13H19N3O. The second-order valence-corrected chi connectivity index (χ2v) is 5.98. The molecule has 0 aromatic carbocycles. The van der Waals surface area contributed by atoms with Gasteiger partial charge in [0, 0.05) is 12.0 Å². The maximum atomic E-state index is 5.34. The van der Waals surface area contributed by atoms with Crippen molar-refractivity contribution in [3.63, 3.8) is 0 Å². The number of nitrogens with one attached hydrogen (secondary N) is 1. The fraction of sp³-hybridized carbons (Fsp3) is 0.846. The Morgan fingerprint density at radius 2 is 2.12 bits per heavy atom. The zero-order valence-electron chi connectivity index (χ0n) is 10.1. The van der Waals surface area contributed by atoms with Gasteiger partial charge in [-0.1, -0.05) is 11.6 Å². The summed E-state index contributed by atoms with van der Waals surface area (Å²) in [6.45, 7) is 0.748. The second kappa shape index (κ2) is 3.80. The number of hydrogen-bond acceptors (Lipinski definition) is 4. The lowest BCUT2D eigenvalue weighted by Crippen LogP contribution is -2.15. The molecule has 1 aromatic rings. The van der Waals surface area contributed by atoms with Gasteiger partial charge >= 0.3 is 0 Å². The SMILES string of the molecule is C(NC1CC1)c1nc(C2CC3CCC2C3)no1. The highest BCUT2D eigenvalue weighted by Gasteiger charge is 2.42. The minimum absolute atomic E-state index is 0.590. The number of nitrogens with zero attached hydrogens (tertiary/aromatic N) is 2. The molecule has 17 heavy (non-hydrogen) atoms. The molecule has 4 nitrogen and oxygen atoms in total. The fourth-order valence-electron chi connectivity index (χ4n) is 3.57. The minimum Gasteiger partial charge on any atom is -0.338 e. The molecule has 3 atom stereocenters. The topological polar surface area (TPSA) is 51.0 Å². The van der Waals surface area contributed by atoms with E-state index in [0.717, 1.165) is 30.1 Å². The van der Waals surface area contributed by atoms with Crippen molar-refractivity contribution >= 4 is 0 Å². The summed E-state index contributed by atoms with van der Waals surface area (Å²) < 4.78 is 5.34. The van der Waals surface area contributed by atoms with Gasteiger partial charge < -0.3 is 9.84 Å². The van der Waals surface area contributed by atoms with Gasteiger partial charge in [-0.05, 0) is 43.9 Å². The predicted octanol–water partition coefficient (Wildman–Crippen LogP) is 2.23. The zero-order chi connectivity index (χ0) is 11.2. The lowest BCUT2D eigenvalue weighted by atomic mass is 9.88. The third-order valence-corrected chi connectivity index (χ3v) is 4.67. The molecule has 0 saturated heterocycles. The first kappa shape index (κ1) is 10.1. The average Bonchev–Trinajstić information content (AvgIpc) is 2.82. The third-order valence-electron chi connectivity index (χ3n) is 4.67. The summed E-state index contributed by atoms with van der Waals surface area (Å²) in [7, 11) is 0. The van der Waals surface area contributed by atoms with Gasteiger partial charge in [-0.15, -0.1) is 0 Å². The summed E-state index contributed by atoms with van der Waals surface area (Å²) in [5.74, 6) is 4.12. The summed E-state index contributed by atoms with van der Waals surface area (Å²) in [5, 5.41) is 7.60. The lowest BCUT2D eigenvalue weighted by Gasteiger charge is -2.17. The van der Waals surface area contributed by atoms with Crippen LogP contribution in [-0.4, -0.2) is 16.2 Å². The van der Waals surface area contributed by atoms with Gasteiger partial charge in [0.25, 0.3) is 0 Å². The Labute approximate surface area is 101 Å². The van der Waals surface area contributed by atoms with E-state index in [1.54, 1.807) is 0 Å². The van der Waals surface area contributed by atoms with Crippen LogP contribution < -0.4 is 5.32 Å². The van der Waals surface area contributed by atoms with Crippen molar-refractivity contribution < 1.29 is 4.52 Å². The van der Waals surface area contributed by atoms with Crippen molar-refractivity contribution in [1.82, 2.24) is 15.5 Å². The van der Waals surface area contributed by atoms with E-state index >= 15 is 0 Å². The molecule has 3 aliphatic carbocycles. The minimum atomic E-state index is 0.590. The van der Waals surface area contributed by atoms with Crippen molar-refractivity contribution in [3.05, 3.63) is 11.7 Å². The summed E-state index contributed by atoms with van der Waals surface area (Å²) in [4.78, 5) is 4.57. The van der Waals surface area contributed by atoms with Crippen molar-refractivity contribution in [3.8, 4) is 0 Å². The van der Waals surface area contributed by atoms with Crippen molar-refractivity contribution in [2.24, 2.45) is 11.8 Å². The van der Waals surface area contributed by atoms with Crippen LogP contribution in [-0.2, 0) is 6.54 Å². The van der Waals surface area contributed by atoms with Crippen LogP contribution in [0.4, 0.5) is 0 Å². The molecule has 0 amide bonds. The van der Waals surface area contributed by atoms with Crippen LogP contribution in [0.25, 0.3) is 0 Å². The average molecular weight is 233 g/mol. The monoisotopic (exact) mass is 233 g/mol. The van der Waals surface area contributed by atoms with Gasteiger partial charge in [-0.25, -0.2) is 0 Å². The first-order valence-electron chi connectivity index (χ1n) is 6.94. The Bertz CT molecular complexity index is 413. The maximum absolute atomic E-state index is 5.34. The molecule has 4 rings (SSSR count). The van der Waals surface area contributed by atoms with Crippen molar-refractivity contribution in [2.75, 3.05) is 0 Å². The van der Waals surface area contributed by atoms with Gasteiger partial charge in [0.15, 0.2) is 5.82 Å². The normalized spacial score (nSPS) is 35.6. The molecule has 0 radical (unpaired) electrons. The third kappa shape index (κ3) is 1.88. The first-order valence-corrected chi connectivity index (χ1v) is 6.94. The quantitative estimate of drug-likeness (QED) is 0.866. The van der Waals surface area contributed by atoms with Gasteiger partial charge in [0.05, 0.1) is 6.54 Å². The number of aromatic nitrogens is 2.